The van der Waals surface area contributed by atoms with Crippen molar-refractivity contribution in [2.75, 3.05) is 6.61 Å². The van der Waals surface area contributed by atoms with Gasteiger partial charge in [-0.1, -0.05) is 42.5 Å². The summed E-state index contributed by atoms with van der Waals surface area (Å²) in [5, 5.41) is 12.6. The maximum atomic E-state index is 11.6. The Bertz CT molecular complexity index is 582. The Hall–Kier alpha value is -1.87. The van der Waals surface area contributed by atoms with Gasteiger partial charge in [-0.2, -0.15) is 0 Å². The van der Waals surface area contributed by atoms with Crippen molar-refractivity contribution in [3.63, 3.8) is 0 Å². The maximum Gasteiger partial charge on any atom is 0.309 e. The molecule has 1 atom stereocenters. The molecule has 3 nitrogen and oxygen atoms in total. The molecule has 3 heteroatoms. The van der Waals surface area contributed by atoms with Gasteiger partial charge in [0.25, 0.3) is 0 Å². The van der Waals surface area contributed by atoms with Gasteiger partial charge in [0.05, 0.1) is 18.6 Å². The van der Waals surface area contributed by atoms with Gasteiger partial charge in [-0.25, -0.2) is 0 Å². The van der Waals surface area contributed by atoms with Crippen molar-refractivity contribution in [3.8, 4) is 0 Å². The molecule has 1 unspecified atom stereocenters. The Morgan fingerprint density at radius 3 is 2.63 bits per heavy atom. The van der Waals surface area contributed by atoms with Crippen LogP contribution < -0.4 is 0 Å². The molecule has 0 aliphatic rings. The summed E-state index contributed by atoms with van der Waals surface area (Å²) in [6.07, 6.45) is -0.0468. The monoisotopic (exact) mass is 258 g/mol. The zero-order valence-corrected chi connectivity index (χ0v) is 11.2. The first kappa shape index (κ1) is 13.6. The number of benzene rings is 2. The number of carbonyl (C=O) groups excluding carboxylic acids is 1. The van der Waals surface area contributed by atoms with Crippen LogP contribution in [0, 0.1) is 0 Å². The predicted molar refractivity (Wildman–Crippen MR) is 74.8 cm³/mol. The van der Waals surface area contributed by atoms with Crippen LogP contribution in [0.3, 0.4) is 0 Å². The molecule has 1 N–H and O–H groups in total. The molecule has 0 saturated heterocycles. The second-order valence-corrected chi connectivity index (χ2v) is 4.78. The fourth-order valence-electron chi connectivity index (χ4n) is 2.28. The molecule has 19 heavy (non-hydrogen) atoms. The molecule has 0 bridgehead atoms. The summed E-state index contributed by atoms with van der Waals surface area (Å²) in [6.45, 7) is 3.72. The van der Waals surface area contributed by atoms with Gasteiger partial charge in [0, 0.05) is 0 Å². The summed E-state index contributed by atoms with van der Waals surface area (Å²) in [4.78, 5) is 11.6. The van der Waals surface area contributed by atoms with Gasteiger partial charge < -0.3 is 9.84 Å². The number of hydrogen-bond acceptors (Lipinski definition) is 3. The minimum atomic E-state index is -1.23. The molecule has 0 aromatic heterocycles. The average molecular weight is 258 g/mol. The number of aliphatic hydroxyl groups is 1. The van der Waals surface area contributed by atoms with Gasteiger partial charge in [0.2, 0.25) is 0 Å². The normalized spacial score (nSPS) is 14.1. The standard InChI is InChI=1S/C16H18O3/c1-3-19-15(17)11-16(2,18)14-10-6-8-12-7-4-5-9-13(12)14/h4-10,18H,3,11H2,1-2H3. The lowest BCUT2D eigenvalue weighted by Gasteiger charge is -2.24. The predicted octanol–water partition coefficient (Wildman–Crippen LogP) is 3.00. The average Bonchev–Trinajstić information content (AvgIpc) is 2.37. The minimum Gasteiger partial charge on any atom is -0.466 e. The highest BCUT2D eigenvalue weighted by atomic mass is 16.5. The number of ether oxygens (including phenoxy) is 1. The van der Waals surface area contributed by atoms with Crippen molar-refractivity contribution >= 4 is 16.7 Å². The molecule has 0 heterocycles. The van der Waals surface area contributed by atoms with E-state index in [9.17, 15) is 9.90 Å². The third kappa shape index (κ3) is 2.93. The van der Waals surface area contributed by atoms with E-state index >= 15 is 0 Å². The Morgan fingerprint density at radius 2 is 1.89 bits per heavy atom. The van der Waals surface area contributed by atoms with E-state index in [1.54, 1.807) is 13.8 Å². The third-order valence-electron chi connectivity index (χ3n) is 3.16. The fourth-order valence-corrected chi connectivity index (χ4v) is 2.28. The van der Waals surface area contributed by atoms with Crippen LogP contribution in [0.15, 0.2) is 42.5 Å². The molecular formula is C16H18O3. The number of esters is 1. The van der Waals surface area contributed by atoms with E-state index in [4.69, 9.17) is 4.74 Å². The van der Waals surface area contributed by atoms with E-state index in [0.717, 1.165) is 16.3 Å². The first-order valence-corrected chi connectivity index (χ1v) is 6.41. The number of hydrogen-bond donors (Lipinski definition) is 1. The summed E-state index contributed by atoms with van der Waals surface area (Å²) in [5.74, 6) is -0.388. The van der Waals surface area contributed by atoms with Crippen molar-refractivity contribution < 1.29 is 14.6 Å². The molecule has 2 rings (SSSR count). The van der Waals surface area contributed by atoms with E-state index < -0.39 is 5.60 Å². The number of rotatable bonds is 4. The first-order chi connectivity index (χ1) is 9.04. The van der Waals surface area contributed by atoms with Crippen molar-refractivity contribution in [3.05, 3.63) is 48.0 Å². The summed E-state index contributed by atoms with van der Waals surface area (Å²) < 4.78 is 4.91. The molecule has 2 aromatic carbocycles. The summed E-state index contributed by atoms with van der Waals surface area (Å²) in [5.41, 5.74) is -0.480. The van der Waals surface area contributed by atoms with Gasteiger partial charge >= 0.3 is 5.97 Å². The SMILES string of the molecule is CCOC(=O)CC(C)(O)c1cccc2ccccc12. The van der Waals surface area contributed by atoms with Crippen molar-refractivity contribution in [2.45, 2.75) is 25.9 Å². The molecule has 0 fully saturated rings. The van der Waals surface area contributed by atoms with Gasteiger partial charge in [-0.3, -0.25) is 4.79 Å². The molecule has 0 amide bonds. The summed E-state index contributed by atoms with van der Waals surface area (Å²) in [7, 11) is 0. The zero-order valence-electron chi connectivity index (χ0n) is 11.2. The van der Waals surface area contributed by atoms with Gasteiger partial charge in [-0.05, 0) is 30.2 Å². The van der Waals surface area contributed by atoms with Crippen molar-refractivity contribution in [1.82, 2.24) is 0 Å². The molecule has 0 saturated carbocycles. The number of fused-ring (bicyclic) bond motifs is 1. The van der Waals surface area contributed by atoms with Crippen LogP contribution in [0.5, 0.6) is 0 Å². The Balaban J connectivity index is 2.39. The Labute approximate surface area is 112 Å². The lowest BCUT2D eigenvalue weighted by Crippen LogP contribution is -2.26. The molecular weight excluding hydrogens is 240 g/mol. The maximum absolute atomic E-state index is 11.6. The summed E-state index contributed by atoms with van der Waals surface area (Å²) in [6, 6.07) is 13.5. The van der Waals surface area contributed by atoms with Gasteiger partial charge in [-0.15, -0.1) is 0 Å². The quantitative estimate of drug-likeness (QED) is 0.857. The molecule has 0 aliphatic carbocycles. The number of carbonyl (C=O) groups is 1. The third-order valence-corrected chi connectivity index (χ3v) is 3.16. The van der Waals surface area contributed by atoms with Crippen LogP contribution in [-0.4, -0.2) is 17.7 Å². The highest BCUT2D eigenvalue weighted by molar-refractivity contribution is 5.87. The Kier molecular flexibility index (Phi) is 3.86. The van der Waals surface area contributed by atoms with Crippen LogP contribution in [0.4, 0.5) is 0 Å². The van der Waals surface area contributed by atoms with E-state index in [1.165, 1.54) is 0 Å². The first-order valence-electron chi connectivity index (χ1n) is 6.41. The van der Waals surface area contributed by atoms with Crippen molar-refractivity contribution in [2.24, 2.45) is 0 Å². The van der Waals surface area contributed by atoms with Crippen LogP contribution in [0.1, 0.15) is 25.8 Å². The van der Waals surface area contributed by atoms with E-state index in [0.29, 0.717) is 6.61 Å². The van der Waals surface area contributed by atoms with E-state index in [-0.39, 0.29) is 12.4 Å². The second-order valence-electron chi connectivity index (χ2n) is 4.78. The van der Waals surface area contributed by atoms with Crippen LogP contribution >= 0.6 is 0 Å². The van der Waals surface area contributed by atoms with Crippen LogP contribution in [-0.2, 0) is 15.1 Å². The fraction of sp³-hybridized carbons (Fsp3) is 0.312. The van der Waals surface area contributed by atoms with Crippen LogP contribution in [0.25, 0.3) is 10.8 Å². The highest BCUT2D eigenvalue weighted by Crippen LogP contribution is 2.31. The second kappa shape index (κ2) is 5.41. The molecule has 2 aromatic rings. The molecule has 0 aliphatic heterocycles. The smallest absolute Gasteiger partial charge is 0.309 e. The molecule has 100 valence electrons. The zero-order chi connectivity index (χ0) is 13.9. The lowest BCUT2D eigenvalue weighted by atomic mass is 9.88. The van der Waals surface area contributed by atoms with Gasteiger partial charge in [0.1, 0.15) is 0 Å². The van der Waals surface area contributed by atoms with E-state index in [1.807, 2.05) is 42.5 Å². The lowest BCUT2D eigenvalue weighted by molar-refractivity contribution is -0.148. The minimum absolute atomic E-state index is 0.0468. The Morgan fingerprint density at radius 1 is 1.21 bits per heavy atom. The molecule has 0 spiro atoms. The largest absolute Gasteiger partial charge is 0.466 e. The topological polar surface area (TPSA) is 46.5 Å². The summed E-state index contributed by atoms with van der Waals surface area (Å²) >= 11 is 0. The van der Waals surface area contributed by atoms with Crippen LogP contribution in [0.2, 0.25) is 0 Å². The van der Waals surface area contributed by atoms with E-state index in [2.05, 4.69) is 0 Å². The van der Waals surface area contributed by atoms with Crippen molar-refractivity contribution in [1.29, 1.82) is 0 Å². The van der Waals surface area contributed by atoms with Gasteiger partial charge in [0.15, 0.2) is 0 Å². The highest BCUT2D eigenvalue weighted by Gasteiger charge is 2.28. The molecule has 0 radical (unpaired) electrons.